The van der Waals surface area contributed by atoms with Crippen molar-refractivity contribution in [1.82, 2.24) is 9.80 Å². The molecular formula is C21H30N2O2. The highest BCUT2D eigenvalue weighted by atomic mass is 16.5. The fourth-order valence-corrected chi connectivity index (χ4v) is 5.15. The Bertz CT molecular complexity index is 583. The van der Waals surface area contributed by atoms with Crippen LogP contribution in [0.3, 0.4) is 0 Å². The minimum atomic E-state index is 0.177. The number of piperidine rings is 1. The topological polar surface area (TPSA) is 32.8 Å². The largest absolute Gasteiger partial charge is 0.378 e. The number of carbonyl (C=O) groups is 1. The van der Waals surface area contributed by atoms with E-state index in [1.807, 2.05) is 0 Å². The third-order valence-electron chi connectivity index (χ3n) is 6.34. The molecule has 0 saturated carbocycles. The third-order valence-corrected chi connectivity index (χ3v) is 6.34. The molecule has 3 aliphatic heterocycles. The van der Waals surface area contributed by atoms with Crippen molar-refractivity contribution in [2.24, 2.45) is 5.92 Å². The molecule has 3 fully saturated rings. The maximum Gasteiger partial charge on any atom is 0.227 e. The lowest BCUT2D eigenvalue weighted by Gasteiger charge is -2.34. The summed E-state index contributed by atoms with van der Waals surface area (Å²) in [4.78, 5) is 18.0. The van der Waals surface area contributed by atoms with Crippen molar-refractivity contribution < 1.29 is 9.53 Å². The van der Waals surface area contributed by atoms with E-state index in [0.717, 1.165) is 45.5 Å². The molecular weight excluding hydrogens is 312 g/mol. The second-order valence-corrected chi connectivity index (χ2v) is 7.70. The number of nitrogens with zero attached hydrogens (tertiary/aromatic N) is 2. The Hall–Kier alpha value is -1.39. The Morgan fingerprint density at radius 2 is 1.88 bits per heavy atom. The van der Waals surface area contributed by atoms with Crippen LogP contribution in [0.25, 0.3) is 0 Å². The molecule has 0 unspecified atom stereocenters. The lowest BCUT2D eigenvalue weighted by atomic mass is 9.92. The van der Waals surface area contributed by atoms with Gasteiger partial charge in [0.2, 0.25) is 5.91 Å². The second-order valence-electron chi connectivity index (χ2n) is 7.70. The first-order valence-electron chi connectivity index (χ1n) is 9.99. The molecule has 0 aromatic heterocycles. The van der Waals surface area contributed by atoms with Crippen molar-refractivity contribution in [1.29, 1.82) is 0 Å². The molecule has 4 rings (SSSR count). The minimum absolute atomic E-state index is 0.177. The number of ether oxygens (including phenoxy) is 1. The zero-order chi connectivity index (χ0) is 17.2. The standard InChI is InChI=1S/C21H30N2O2/c1-2-25-17-10-13-22(14-11-17)21(24)18-15-20(16-7-4-3-5-8-16)23-12-6-9-19(18)23/h3-5,7-8,17-20H,2,6,9-15H2,1H3/t18-,19+,20-/m0/s1. The Morgan fingerprint density at radius 1 is 1.12 bits per heavy atom. The van der Waals surface area contributed by atoms with Crippen molar-refractivity contribution in [3.8, 4) is 0 Å². The highest BCUT2D eigenvalue weighted by Crippen LogP contribution is 2.45. The summed E-state index contributed by atoms with van der Waals surface area (Å²) in [5.74, 6) is 0.571. The van der Waals surface area contributed by atoms with Gasteiger partial charge >= 0.3 is 0 Å². The molecule has 25 heavy (non-hydrogen) atoms. The van der Waals surface area contributed by atoms with Crippen LogP contribution in [0.15, 0.2) is 30.3 Å². The molecule has 3 saturated heterocycles. The van der Waals surface area contributed by atoms with Gasteiger partial charge in [-0.15, -0.1) is 0 Å². The van der Waals surface area contributed by atoms with Gasteiger partial charge in [-0.2, -0.15) is 0 Å². The maximum absolute atomic E-state index is 13.2. The zero-order valence-corrected chi connectivity index (χ0v) is 15.3. The van der Waals surface area contributed by atoms with Gasteiger partial charge in [-0.1, -0.05) is 30.3 Å². The van der Waals surface area contributed by atoms with E-state index in [-0.39, 0.29) is 5.92 Å². The molecule has 4 heteroatoms. The van der Waals surface area contributed by atoms with Gasteiger partial charge in [0, 0.05) is 31.8 Å². The van der Waals surface area contributed by atoms with Crippen molar-refractivity contribution in [2.45, 2.75) is 57.2 Å². The van der Waals surface area contributed by atoms with Crippen LogP contribution >= 0.6 is 0 Å². The Morgan fingerprint density at radius 3 is 2.60 bits per heavy atom. The predicted molar refractivity (Wildman–Crippen MR) is 98.2 cm³/mol. The molecule has 0 spiro atoms. The summed E-state index contributed by atoms with van der Waals surface area (Å²) in [6.45, 7) is 5.69. The molecule has 3 atom stereocenters. The van der Waals surface area contributed by atoms with Crippen LogP contribution in [-0.2, 0) is 9.53 Å². The van der Waals surface area contributed by atoms with Crippen LogP contribution in [0.1, 0.15) is 50.6 Å². The summed E-state index contributed by atoms with van der Waals surface area (Å²) in [6.07, 6.45) is 5.71. The average Bonchev–Trinajstić information content (AvgIpc) is 3.25. The van der Waals surface area contributed by atoms with Gasteiger partial charge in [0.05, 0.1) is 12.0 Å². The summed E-state index contributed by atoms with van der Waals surface area (Å²) >= 11 is 0. The molecule has 1 aromatic carbocycles. The van der Waals surface area contributed by atoms with E-state index in [2.05, 4.69) is 47.1 Å². The number of amides is 1. The summed E-state index contributed by atoms with van der Waals surface area (Å²) in [5, 5.41) is 0. The fourth-order valence-electron chi connectivity index (χ4n) is 5.15. The summed E-state index contributed by atoms with van der Waals surface area (Å²) in [5.41, 5.74) is 1.37. The zero-order valence-electron chi connectivity index (χ0n) is 15.3. The molecule has 136 valence electrons. The molecule has 0 radical (unpaired) electrons. The number of carbonyl (C=O) groups excluding carboxylic acids is 1. The SMILES string of the molecule is CCOC1CCN(C(=O)[C@H]2C[C@@H](c3ccccc3)N3CCC[C@H]23)CC1. The monoisotopic (exact) mass is 342 g/mol. The normalized spacial score (nSPS) is 30.6. The summed E-state index contributed by atoms with van der Waals surface area (Å²) in [7, 11) is 0. The van der Waals surface area contributed by atoms with E-state index in [0.29, 0.717) is 24.1 Å². The van der Waals surface area contributed by atoms with Gasteiger partial charge in [-0.25, -0.2) is 0 Å². The molecule has 0 N–H and O–H groups in total. The van der Waals surface area contributed by atoms with Crippen LogP contribution in [0.2, 0.25) is 0 Å². The van der Waals surface area contributed by atoms with E-state index >= 15 is 0 Å². The Balaban J connectivity index is 1.44. The van der Waals surface area contributed by atoms with Gasteiger partial charge in [-0.3, -0.25) is 9.69 Å². The maximum atomic E-state index is 13.2. The van der Waals surface area contributed by atoms with Gasteiger partial charge in [0.25, 0.3) is 0 Å². The summed E-state index contributed by atoms with van der Waals surface area (Å²) < 4.78 is 5.73. The minimum Gasteiger partial charge on any atom is -0.378 e. The second kappa shape index (κ2) is 7.46. The number of hydrogen-bond donors (Lipinski definition) is 0. The lowest BCUT2D eigenvalue weighted by molar-refractivity contribution is -0.138. The van der Waals surface area contributed by atoms with Crippen molar-refractivity contribution in [3.63, 3.8) is 0 Å². The predicted octanol–water partition coefficient (Wildman–Crippen LogP) is 3.24. The van der Waals surface area contributed by atoms with Crippen LogP contribution < -0.4 is 0 Å². The van der Waals surface area contributed by atoms with Gasteiger partial charge in [0.1, 0.15) is 0 Å². The van der Waals surface area contributed by atoms with Crippen molar-refractivity contribution >= 4 is 5.91 Å². The number of hydrogen-bond acceptors (Lipinski definition) is 3. The molecule has 1 aromatic rings. The van der Waals surface area contributed by atoms with Crippen molar-refractivity contribution in [3.05, 3.63) is 35.9 Å². The van der Waals surface area contributed by atoms with E-state index in [1.165, 1.54) is 18.4 Å². The van der Waals surface area contributed by atoms with Crippen molar-refractivity contribution in [2.75, 3.05) is 26.2 Å². The quantitative estimate of drug-likeness (QED) is 0.842. The Kier molecular flexibility index (Phi) is 5.09. The van der Waals surface area contributed by atoms with Gasteiger partial charge in [-0.05, 0) is 51.1 Å². The van der Waals surface area contributed by atoms with Crippen LogP contribution in [0, 0.1) is 5.92 Å². The van der Waals surface area contributed by atoms with Gasteiger partial charge in [0.15, 0.2) is 0 Å². The van der Waals surface area contributed by atoms with Crippen LogP contribution in [0.5, 0.6) is 0 Å². The Labute approximate surface area is 151 Å². The number of likely N-dealkylation sites (tertiary alicyclic amines) is 1. The fraction of sp³-hybridized carbons (Fsp3) is 0.667. The highest BCUT2D eigenvalue weighted by molar-refractivity contribution is 5.80. The van der Waals surface area contributed by atoms with E-state index < -0.39 is 0 Å². The number of rotatable bonds is 4. The smallest absolute Gasteiger partial charge is 0.227 e. The molecule has 0 aliphatic carbocycles. The van der Waals surface area contributed by atoms with Gasteiger partial charge < -0.3 is 9.64 Å². The molecule has 3 aliphatic rings. The number of benzene rings is 1. The molecule has 0 bridgehead atoms. The summed E-state index contributed by atoms with van der Waals surface area (Å²) in [6, 6.07) is 11.6. The first kappa shape index (κ1) is 17.0. The average molecular weight is 342 g/mol. The first-order valence-corrected chi connectivity index (χ1v) is 9.99. The lowest BCUT2D eigenvalue weighted by Crippen LogP contribution is -2.45. The van der Waals surface area contributed by atoms with E-state index in [4.69, 9.17) is 4.74 Å². The highest BCUT2D eigenvalue weighted by Gasteiger charge is 2.48. The first-order chi connectivity index (χ1) is 12.3. The van der Waals surface area contributed by atoms with Crippen LogP contribution in [-0.4, -0.2) is 54.1 Å². The van der Waals surface area contributed by atoms with Crippen LogP contribution in [0.4, 0.5) is 0 Å². The molecule has 3 heterocycles. The van der Waals surface area contributed by atoms with E-state index in [1.54, 1.807) is 0 Å². The molecule has 4 nitrogen and oxygen atoms in total. The number of fused-ring (bicyclic) bond motifs is 1. The van der Waals surface area contributed by atoms with E-state index in [9.17, 15) is 4.79 Å². The molecule has 1 amide bonds. The third kappa shape index (κ3) is 3.34.